The highest BCUT2D eigenvalue weighted by Crippen LogP contribution is 2.12. The van der Waals surface area contributed by atoms with Gasteiger partial charge in [0.15, 0.2) is 0 Å². The second-order valence-electron chi connectivity index (χ2n) is 5.74. The summed E-state index contributed by atoms with van der Waals surface area (Å²) in [6.07, 6.45) is 4.16. The Balaban J connectivity index is 1.53. The van der Waals surface area contributed by atoms with Crippen LogP contribution in [0.1, 0.15) is 21.7 Å². The molecule has 0 atom stereocenters. The number of nitrogens with zero attached hydrogens (tertiary/aromatic N) is 2. The quantitative estimate of drug-likeness (QED) is 0.668. The summed E-state index contributed by atoms with van der Waals surface area (Å²) in [6, 6.07) is 17.0. The maximum Gasteiger partial charge on any atom is 0.270 e. The number of aromatic nitrogens is 2. The molecule has 3 aromatic rings. The molecule has 0 radical (unpaired) electrons. The molecule has 0 spiro atoms. The first-order valence-corrected chi connectivity index (χ1v) is 8.71. The number of carbonyl (C=O) groups is 1. The van der Waals surface area contributed by atoms with Crippen molar-refractivity contribution in [2.24, 2.45) is 0 Å². The normalized spacial score (nSPS) is 10.3. The molecule has 0 bridgehead atoms. The highest BCUT2D eigenvalue weighted by Gasteiger charge is 2.08. The zero-order valence-corrected chi connectivity index (χ0v) is 14.9. The van der Waals surface area contributed by atoms with E-state index < -0.39 is 0 Å². The van der Waals surface area contributed by atoms with Gasteiger partial charge in [-0.3, -0.25) is 14.8 Å². The van der Waals surface area contributed by atoms with E-state index in [2.05, 4.69) is 20.6 Å². The number of hydrogen-bond donors (Lipinski definition) is 2. The molecule has 0 saturated heterocycles. The summed E-state index contributed by atoms with van der Waals surface area (Å²) < 4.78 is 0. The van der Waals surface area contributed by atoms with Crippen molar-refractivity contribution in [3.8, 4) is 0 Å². The predicted octanol–water partition coefficient (Wildman–Crippen LogP) is 3.71. The summed E-state index contributed by atoms with van der Waals surface area (Å²) in [5, 5.41) is 6.86. The predicted molar refractivity (Wildman–Crippen MR) is 103 cm³/mol. The van der Waals surface area contributed by atoms with Crippen molar-refractivity contribution < 1.29 is 4.79 Å². The fraction of sp³-hybridized carbons (Fsp3) is 0.150. The number of hydrogen-bond acceptors (Lipinski definition) is 4. The number of halogens is 1. The molecule has 2 aromatic heterocycles. The van der Waals surface area contributed by atoms with Gasteiger partial charge in [-0.2, -0.15) is 0 Å². The van der Waals surface area contributed by atoms with Gasteiger partial charge in [0.2, 0.25) is 0 Å². The van der Waals surface area contributed by atoms with Crippen LogP contribution in [0.5, 0.6) is 0 Å². The molecule has 26 heavy (non-hydrogen) atoms. The van der Waals surface area contributed by atoms with Crippen LogP contribution in [0, 0.1) is 0 Å². The van der Waals surface area contributed by atoms with Crippen molar-refractivity contribution in [1.82, 2.24) is 15.3 Å². The molecule has 0 aliphatic heterocycles. The molecule has 2 heterocycles. The third-order valence-electron chi connectivity index (χ3n) is 3.78. The number of carbonyl (C=O) groups excluding carboxylic acids is 1. The highest BCUT2D eigenvalue weighted by atomic mass is 35.5. The molecule has 2 N–H and O–H groups in total. The Morgan fingerprint density at radius 3 is 2.73 bits per heavy atom. The minimum Gasteiger partial charge on any atom is -0.385 e. The molecular weight excluding hydrogens is 348 g/mol. The van der Waals surface area contributed by atoms with Gasteiger partial charge in [-0.1, -0.05) is 29.8 Å². The number of amides is 1. The Kier molecular flexibility index (Phi) is 6.17. The molecule has 3 rings (SSSR count). The second-order valence-corrected chi connectivity index (χ2v) is 6.18. The van der Waals surface area contributed by atoms with Crippen molar-refractivity contribution in [3.05, 3.63) is 89.0 Å². The topological polar surface area (TPSA) is 66.9 Å². The average Bonchev–Trinajstić information content (AvgIpc) is 2.67. The number of anilines is 1. The zero-order chi connectivity index (χ0) is 18.2. The van der Waals surface area contributed by atoms with Gasteiger partial charge >= 0.3 is 0 Å². The van der Waals surface area contributed by atoms with Gasteiger partial charge in [0.1, 0.15) is 5.69 Å². The van der Waals surface area contributed by atoms with Gasteiger partial charge in [0.05, 0.1) is 12.2 Å². The minimum atomic E-state index is -0.228. The van der Waals surface area contributed by atoms with Crippen molar-refractivity contribution in [3.63, 3.8) is 0 Å². The Morgan fingerprint density at radius 2 is 1.92 bits per heavy atom. The SMILES string of the molecule is O=C(NCc1ccccn1)c1cc(NCCc2cccc(Cl)c2)ccn1. The van der Waals surface area contributed by atoms with Gasteiger partial charge in [0.25, 0.3) is 5.91 Å². The first kappa shape index (κ1) is 17.9. The molecule has 1 aromatic carbocycles. The van der Waals surface area contributed by atoms with Crippen molar-refractivity contribution in [1.29, 1.82) is 0 Å². The summed E-state index contributed by atoms with van der Waals surface area (Å²) in [4.78, 5) is 20.6. The van der Waals surface area contributed by atoms with E-state index >= 15 is 0 Å². The monoisotopic (exact) mass is 366 g/mol. The first-order chi connectivity index (χ1) is 12.7. The van der Waals surface area contributed by atoms with Gasteiger partial charge in [-0.15, -0.1) is 0 Å². The van der Waals surface area contributed by atoms with E-state index in [9.17, 15) is 4.79 Å². The van der Waals surface area contributed by atoms with E-state index in [1.165, 1.54) is 0 Å². The maximum absolute atomic E-state index is 12.3. The summed E-state index contributed by atoms with van der Waals surface area (Å²) in [6.45, 7) is 1.10. The molecule has 6 heteroatoms. The van der Waals surface area contributed by atoms with Gasteiger partial charge in [0, 0.05) is 29.6 Å². The van der Waals surface area contributed by atoms with E-state index in [0.29, 0.717) is 12.2 Å². The van der Waals surface area contributed by atoms with Gasteiger partial charge in [-0.05, 0) is 48.4 Å². The Morgan fingerprint density at radius 1 is 1.00 bits per heavy atom. The van der Waals surface area contributed by atoms with E-state index in [0.717, 1.165) is 34.9 Å². The number of nitrogens with one attached hydrogen (secondary N) is 2. The van der Waals surface area contributed by atoms with Crippen LogP contribution in [0.3, 0.4) is 0 Å². The molecule has 0 fully saturated rings. The van der Waals surface area contributed by atoms with Crippen LogP contribution < -0.4 is 10.6 Å². The average molecular weight is 367 g/mol. The summed E-state index contributed by atoms with van der Waals surface area (Å²) in [5.41, 5.74) is 3.18. The van der Waals surface area contributed by atoms with Crippen LogP contribution in [-0.2, 0) is 13.0 Å². The fourth-order valence-corrected chi connectivity index (χ4v) is 2.69. The smallest absolute Gasteiger partial charge is 0.270 e. The molecule has 5 nitrogen and oxygen atoms in total. The molecule has 0 saturated carbocycles. The lowest BCUT2D eigenvalue weighted by molar-refractivity contribution is 0.0945. The van der Waals surface area contributed by atoms with Crippen molar-refractivity contribution in [2.45, 2.75) is 13.0 Å². The Labute approximate surface area is 157 Å². The molecular formula is C20H19ClN4O. The van der Waals surface area contributed by atoms with Crippen LogP contribution in [0.4, 0.5) is 5.69 Å². The Hall–Kier alpha value is -2.92. The molecule has 0 aliphatic carbocycles. The highest BCUT2D eigenvalue weighted by molar-refractivity contribution is 6.30. The minimum absolute atomic E-state index is 0.228. The second kappa shape index (κ2) is 8.97. The standard InChI is InChI=1S/C20H19ClN4O/c21-16-5-3-4-15(12-16)7-10-23-17-8-11-24-19(13-17)20(26)25-14-18-6-1-2-9-22-18/h1-6,8-9,11-13H,7,10,14H2,(H,23,24)(H,25,26). The lowest BCUT2D eigenvalue weighted by Crippen LogP contribution is -2.24. The molecule has 0 unspecified atom stereocenters. The molecule has 0 aliphatic rings. The van der Waals surface area contributed by atoms with Crippen molar-refractivity contribution in [2.75, 3.05) is 11.9 Å². The fourth-order valence-electron chi connectivity index (χ4n) is 2.47. The Bertz CT molecular complexity index is 870. The van der Waals surface area contributed by atoms with Crippen molar-refractivity contribution >= 4 is 23.2 Å². The van der Waals surface area contributed by atoms with E-state index in [1.54, 1.807) is 18.5 Å². The zero-order valence-electron chi connectivity index (χ0n) is 14.2. The van der Waals surface area contributed by atoms with Gasteiger partial charge in [-0.25, -0.2) is 0 Å². The van der Waals surface area contributed by atoms with E-state index in [-0.39, 0.29) is 5.91 Å². The lowest BCUT2D eigenvalue weighted by atomic mass is 10.1. The summed E-state index contributed by atoms with van der Waals surface area (Å²) in [7, 11) is 0. The van der Waals surface area contributed by atoms with E-state index in [4.69, 9.17) is 11.6 Å². The van der Waals surface area contributed by atoms with E-state index in [1.807, 2.05) is 48.5 Å². The lowest BCUT2D eigenvalue weighted by Gasteiger charge is -2.09. The largest absolute Gasteiger partial charge is 0.385 e. The maximum atomic E-state index is 12.3. The van der Waals surface area contributed by atoms with Crippen LogP contribution in [0.2, 0.25) is 5.02 Å². The van der Waals surface area contributed by atoms with Crippen LogP contribution in [0.25, 0.3) is 0 Å². The third kappa shape index (κ3) is 5.29. The summed E-state index contributed by atoms with van der Waals surface area (Å²) >= 11 is 5.99. The molecule has 1 amide bonds. The van der Waals surface area contributed by atoms with Crippen LogP contribution in [0.15, 0.2) is 67.0 Å². The third-order valence-corrected chi connectivity index (χ3v) is 4.02. The number of pyridine rings is 2. The summed E-state index contributed by atoms with van der Waals surface area (Å²) in [5.74, 6) is -0.228. The van der Waals surface area contributed by atoms with Gasteiger partial charge < -0.3 is 10.6 Å². The first-order valence-electron chi connectivity index (χ1n) is 8.33. The van der Waals surface area contributed by atoms with Crippen LogP contribution >= 0.6 is 11.6 Å². The number of benzene rings is 1. The molecule has 132 valence electrons. The number of rotatable bonds is 7. The van der Waals surface area contributed by atoms with Crippen LogP contribution in [-0.4, -0.2) is 22.4 Å².